The summed E-state index contributed by atoms with van der Waals surface area (Å²) in [4.78, 5) is 35.7. The summed E-state index contributed by atoms with van der Waals surface area (Å²) in [6.45, 7) is 3.06. The van der Waals surface area contributed by atoms with Gasteiger partial charge in [0.05, 0.1) is 18.8 Å². The Morgan fingerprint density at radius 2 is 1.11 bits per heavy atom. The molecular formula is C49H79O14P. The maximum atomic E-state index is 12.8. The molecule has 2 aliphatic rings. The highest BCUT2D eigenvalue weighted by Crippen LogP contribution is 2.47. The second-order valence-corrected chi connectivity index (χ2v) is 17.7. The van der Waals surface area contributed by atoms with Gasteiger partial charge in [0.25, 0.3) is 0 Å². The zero-order valence-electron chi connectivity index (χ0n) is 38.2. The number of unbranched alkanes of at least 4 members (excludes halogenated alkanes) is 7. The van der Waals surface area contributed by atoms with Crippen molar-refractivity contribution in [3.05, 3.63) is 85.1 Å². The van der Waals surface area contributed by atoms with E-state index in [0.717, 1.165) is 77.0 Å². The number of rotatable bonds is 36. The van der Waals surface area contributed by atoms with Gasteiger partial charge in [0.1, 0.15) is 43.2 Å². The molecule has 6 N–H and O–H groups in total. The molecule has 364 valence electrons. The fraction of sp³-hybridized carbons (Fsp3) is 0.673. The van der Waals surface area contributed by atoms with Gasteiger partial charge in [-0.15, -0.1) is 0 Å². The van der Waals surface area contributed by atoms with Crippen LogP contribution in [0.4, 0.5) is 0 Å². The van der Waals surface area contributed by atoms with Gasteiger partial charge < -0.3 is 44.6 Å². The van der Waals surface area contributed by atoms with Crippen molar-refractivity contribution in [3.63, 3.8) is 0 Å². The minimum Gasteiger partial charge on any atom is -0.462 e. The zero-order valence-corrected chi connectivity index (χ0v) is 39.1. The van der Waals surface area contributed by atoms with Crippen molar-refractivity contribution in [3.8, 4) is 0 Å². The monoisotopic (exact) mass is 923 g/mol. The molecule has 0 amide bonds. The van der Waals surface area contributed by atoms with E-state index in [2.05, 4.69) is 80.7 Å². The quantitative estimate of drug-likeness (QED) is 0.0115. The number of carbonyl (C=O) groups excluding carboxylic acids is 2. The van der Waals surface area contributed by atoms with Crippen LogP contribution in [0.3, 0.4) is 0 Å². The predicted molar refractivity (Wildman–Crippen MR) is 248 cm³/mol. The zero-order chi connectivity index (χ0) is 46.8. The molecule has 1 heterocycles. The molecule has 10 atom stereocenters. The molecule has 1 aliphatic heterocycles. The molecule has 1 saturated heterocycles. The van der Waals surface area contributed by atoms with E-state index < -0.39 is 75.7 Å². The number of phosphoric acid groups is 1. The van der Waals surface area contributed by atoms with Crippen LogP contribution in [0.25, 0.3) is 0 Å². The molecule has 14 nitrogen and oxygen atoms in total. The van der Waals surface area contributed by atoms with Crippen molar-refractivity contribution in [2.45, 2.75) is 197 Å². The van der Waals surface area contributed by atoms with E-state index in [1.165, 1.54) is 19.3 Å². The molecule has 0 radical (unpaired) electrons. The molecular weight excluding hydrogens is 843 g/mol. The van der Waals surface area contributed by atoms with Gasteiger partial charge in [-0.05, 0) is 77.0 Å². The summed E-state index contributed by atoms with van der Waals surface area (Å²) in [6.07, 6.45) is 33.8. The average Bonchev–Trinajstić information content (AvgIpc) is 4.03. The third kappa shape index (κ3) is 26.8. The highest BCUT2D eigenvalue weighted by atomic mass is 31.2. The molecule has 0 aromatic rings. The van der Waals surface area contributed by atoms with Gasteiger partial charge in [-0.1, -0.05) is 137 Å². The van der Waals surface area contributed by atoms with Crippen LogP contribution in [-0.4, -0.2) is 111 Å². The van der Waals surface area contributed by atoms with E-state index in [9.17, 15) is 44.6 Å². The molecule has 0 aromatic carbocycles. The molecule has 0 bridgehead atoms. The largest absolute Gasteiger partial charge is 0.472 e. The van der Waals surface area contributed by atoms with Crippen molar-refractivity contribution in [2.24, 2.45) is 0 Å². The molecule has 2 fully saturated rings. The SMILES string of the molecule is CC/C=C\C/C=C\C/C=C\C/C=C\C/C=C\C/C=C\CCC(=O)OC[C@H](COP(=O)(O)OC1[C@H](O)[C@H](O)C(O)[C@H](O)[C@H]1O)OC(=O)CCCCCCCC1OC1C/C=C\CCCCC. The number of ether oxygens (including phenoxy) is 3. The van der Waals surface area contributed by atoms with Gasteiger partial charge in [0, 0.05) is 12.8 Å². The summed E-state index contributed by atoms with van der Waals surface area (Å²) < 4.78 is 39.3. The summed E-state index contributed by atoms with van der Waals surface area (Å²) in [5.74, 6) is -1.23. The van der Waals surface area contributed by atoms with Crippen LogP contribution in [0.5, 0.6) is 0 Å². The van der Waals surface area contributed by atoms with E-state index in [-0.39, 0.29) is 12.8 Å². The number of allylic oxidation sites excluding steroid dienone is 13. The molecule has 64 heavy (non-hydrogen) atoms. The average molecular weight is 923 g/mol. The highest BCUT2D eigenvalue weighted by molar-refractivity contribution is 7.47. The first kappa shape index (κ1) is 57.1. The van der Waals surface area contributed by atoms with Crippen LogP contribution in [0.2, 0.25) is 0 Å². The lowest BCUT2D eigenvalue weighted by Gasteiger charge is -2.41. The number of phosphoric ester groups is 1. The first-order valence-corrected chi connectivity index (χ1v) is 25.0. The Bertz CT molecular complexity index is 1510. The van der Waals surface area contributed by atoms with Gasteiger partial charge in [-0.25, -0.2) is 4.57 Å². The van der Waals surface area contributed by atoms with E-state index in [4.69, 9.17) is 23.3 Å². The van der Waals surface area contributed by atoms with Gasteiger partial charge in [-0.2, -0.15) is 0 Å². The van der Waals surface area contributed by atoms with Crippen LogP contribution < -0.4 is 0 Å². The molecule has 2 rings (SSSR count). The van der Waals surface area contributed by atoms with Crippen molar-refractivity contribution in [2.75, 3.05) is 13.2 Å². The summed E-state index contributed by atoms with van der Waals surface area (Å²) in [7, 11) is -5.15. The summed E-state index contributed by atoms with van der Waals surface area (Å²) >= 11 is 0. The lowest BCUT2D eigenvalue weighted by molar-refractivity contribution is -0.220. The summed E-state index contributed by atoms with van der Waals surface area (Å²) in [6, 6.07) is 0. The molecule has 15 heteroatoms. The number of carbonyl (C=O) groups is 2. The third-order valence-corrected chi connectivity index (χ3v) is 11.6. The summed E-state index contributed by atoms with van der Waals surface area (Å²) in [5.41, 5.74) is 0. The first-order chi connectivity index (χ1) is 30.9. The van der Waals surface area contributed by atoms with E-state index >= 15 is 0 Å². The number of epoxide rings is 1. The lowest BCUT2D eigenvalue weighted by atomic mass is 9.85. The second-order valence-electron chi connectivity index (χ2n) is 16.3. The molecule has 5 unspecified atom stereocenters. The maximum Gasteiger partial charge on any atom is 0.472 e. The van der Waals surface area contributed by atoms with E-state index in [1.54, 1.807) is 0 Å². The third-order valence-electron chi connectivity index (χ3n) is 10.7. The van der Waals surface area contributed by atoms with Crippen LogP contribution in [0.15, 0.2) is 85.1 Å². The van der Waals surface area contributed by atoms with Crippen molar-refractivity contribution in [1.82, 2.24) is 0 Å². The maximum absolute atomic E-state index is 12.8. The molecule has 1 aliphatic carbocycles. The van der Waals surface area contributed by atoms with Crippen molar-refractivity contribution in [1.29, 1.82) is 0 Å². The second kappa shape index (κ2) is 35.2. The Kier molecular flexibility index (Phi) is 31.4. The van der Waals surface area contributed by atoms with Crippen LogP contribution in [0.1, 0.15) is 142 Å². The number of hydrogen-bond acceptors (Lipinski definition) is 13. The highest BCUT2D eigenvalue weighted by Gasteiger charge is 2.51. The Labute approximate surface area is 382 Å². The van der Waals surface area contributed by atoms with Crippen molar-refractivity contribution >= 4 is 19.8 Å². The van der Waals surface area contributed by atoms with Crippen molar-refractivity contribution < 1.29 is 67.8 Å². The lowest BCUT2D eigenvalue weighted by Crippen LogP contribution is -2.64. The van der Waals surface area contributed by atoms with E-state index in [1.807, 2.05) is 18.2 Å². The molecule has 0 aromatic heterocycles. The van der Waals surface area contributed by atoms with Crippen LogP contribution in [-0.2, 0) is 37.4 Å². The topological polar surface area (TPSA) is 222 Å². The minimum absolute atomic E-state index is 0.0307. The van der Waals surface area contributed by atoms with Gasteiger partial charge >= 0.3 is 19.8 Å². The smallest absolute Gasteiger partial charge is 0.462 e. The normalized spacial score (nSPS) is 25.5. The Morgan fingerprint density at radius 1 is 0.578 bits per heavy atom. The fourth-order valence-corrected chi connectivity index (χ4v) is 7.76. The Balaban J connectivity index is 1.74. The van der Waals surface area contributed by atoms with Gasteiger partial charge in [-0.3, -0.25) is 18.6 Å². The fourth-order valence-electron chi connectivity index (χ4n) is 6.79. The van der Waals surface area contributed by atoms with Crippen LogP contribution >= 0.6 is 7.82 Å². The Hall–Kier alpha value is -3.01. The standard InChI is InChI=1S/C49H79O14P/c1-3-5-7-9-11-12-13-14-15-16-17-18-19-20-21-22-23-27-31-35-42(50)59-37-39(38-60-64(57,58)63-49-47(55)45(53)44(52)46(54)48(49)56)61-43(51)36-32-28-24-26-30-34-41-40(62-41)33-29-25-10-8-6-4-2/h5,7,11-12,14-15,17-18,20-21,23,25,27,29,39-41,44-49,52-56H,3-4,6,8-10,13,16,19,22,24,26,28,30-38H2,1-2H3,(H,57,58)/b7-5-,12-11-,15-14-,18-17-,21-20-,27-23-,29-25-/t39-,40?,41?,44?,45-,46+,47-,48-,49?/m1/s1. The summed E-state index contributed by atoms with van der Waals surface area (Å²) in [5, 5.41) is 50.2. The molecule has 1 saturated carbocycles. The first-order valence-electron chi connectivity index (χ1n) is 23.5. The number of esters is 2. The Morgan fingerprint density at radius 3 is 1.70 bits per heavy atom. The molecule has 0 spiro atoms. The minimum atomic E-state index is -5.15. The number of aliphatic hydroxyl groups is 5. The predicted octanol–water partition coefficient (Wildman–Crippen LogP) is 8.26. The van der Waals surface area contributed by atoms with Gasteiger partial charge in [0.15, 0.2) is 6.10 Å². The van der Waals surface area contributed by atoms with Gasteiger partial charge in [0.2, 0.25) is 0 Å². The van der Waals surface area contributed by atoms with E-state index in [0.29, 0.717) is 31.5 Å². The number of hydrogen-bond donors (Lipinski definition) is 6. The van der Waals surface area contributed by atoms with Crippen LogP contribution in [0, 0.1) is 0 Å². The number of aliphatic hydroxyl groups excluding tert-OH is 5.